The summed E-state index contributed by atoms with van der Waals surface area (Å²) in [7, 11) is 0. The van der Waals surface area contributed by atoms with Crippen LogP contribution in [0.4, 0.5) is 5.69 Å². The maximum Gasteiger partial charge on any atom is 0.0679 e. The fourth-order valence-electron chi connectivity index (χ4n) is 4.05. The van der Waals surface area contributed by atoms with Gasteiger partial charge in [-0.05, 0) is 61.2 Å². The molecule has 4 heteroatoms. The molecule has 0 N–H and O–H groups in total. The number of aromatic nitrogens is 2. The lowest BCUT2D eigenvalue weighted by molar-refractivity contribution is 0.368. The quantitative estimate of drug-likeness (QED) is 0.862. The molecule has 25 heavy (non-hydrogen) atoms. The van der Waals surface area contributed by atoms with Crippen LogP contribution in [0.15, 0.2) is 54.4 Å². The van der Waals surface area contributed by atoms with E-state index in [0.29, 0.717) is 0 Å². The van der Waals surface area contributed by atoms with Crippen LogP contribution < -0.4 is 4.90 Å². The number of rotatable bonds is 3. The lowest BCUT2D eigenvalue weighted by Gasteiger charge is -2.26. The zero-order chi connectivity index (χ0) is 16.6. The molecule has 1 aromatic carbocycles. The van der Waals surface area contributed by atoms with Gasteiger partial charge in [-0.25, -0.2) is 4.68 Å². The highest BCUT2D eigenvalue weighted by molar-refractivity contribution is 5.51. The Morgan fingerprint density at radius 1 is 0.800 bits per heavy atom. The standard InChI is InChI=1S/C21H24N4/c1-2-13-23(12-1)19-6-8-20(9-7-19)25-16-17-10-14-24(18-4-3-5-18)15-11-21(17)22-25/h3-9,16H,1-2,10-15H2. The predicted octanol–water partition coefficient (Wildman–Crippen LogP) is 3.33. The summed E-state index contributed by atoms with van der Waals surface area (Å²) < 4.78 is 2.07. The summed E-state index contributed by atoms with van der Waals surface area (Å²) in [5.74, 6) is 0. The molecular formula is C21H24N4. The Hall–Kier alpha value is -2.49. The van der Waals surface area contributed by atoms with E-state index in [0.717, 1.165) is 31.6 Å². The fourth-order valence-corrected chi connectivity index (χ4v) is 4.05. The number of benzene rings is 1. The molecule has 0 amide bonds. The van der Waals surface area contributed by atoms with E-state index in [9.17, 15) is 0 Å². The van der Waals surface area contributed by atoms with E-state index in [1.165, 1.54) is 48.6 Å². The lowest BCUT2D eigenvalue weighted by Crippen LogP contribution is -2.26. The van der Waals surface area contributed by atoms with E-state index in [-0.39, 0.29) is 0 Å². The number of allylic oxidation sites excluding steroid dienone is 3. The normalized spacial score (nSPS) is 19.4. The van der Waals surface area contributed by atoms with Gasteiger partial charge in [0.2, 0.25) is 0 Å². The van der Waals surface area contributed by atoms with E-state index in [2.05, 4.69) is 63.2 Å². The third-order valence-electron chi connectivity index (χ3n) is 5.63. The Morgan fingerprint density at radius 2 is 1.52 bits per heavy atom. The van der Waals surface area contributed by atoms with Crippen molar-refractivity contribution in [3.63, 3.8) is 0 Å². The summed E-state index contributed by atoms with van der Waals surface area (Å²) in [6.45, 7) is 4.53. The average molecular weight is 332 g/mol. The molecule has 1 aliphatic carbocycles. The summed E-state index contributed by atoms with van der Waals surface area (Å²) in [6, 6.07) is 8.89. The molecule has 2 aliphatic heterocycles. The molecule has 0 radical (unpaired) electrons. The molecule has 3 heterocycles. The highest BCUT2D eigenvalue weighted by Crippen LogP contribution is 2.24. The molecule has 0 atom stereocenters. The second kappa shape index (κ2) is 6.10. The Kier molecular flexibility index (Phi) is 3.62. The first-order valence-electron chi connectivity index (χ1n) is 9.43. The molecule has 0 spiro atoms. The van der Waals surface area contributed by atoms with Crippen LogP contribution in [0.3, 0.4) is 0 Å². The van der Waals surface area contributed by atoms with Crippen LogP contribution in [0, 0.1) is 0 Å². The molecule has 2 aromatic rings. The smallest absolute Gasteiger partial charge is 0.0679 e. The molecule has 5 rings (SSSR count). The van der Waals surface area contributed by atoms with Crippen molar-refractivity contribution in [1.82, 2.24) is 14.7 Å². The number of anilines is 1. The monoisotopic (exact) mass is 332 g/mol. The Morgan fingerprint density at radius 3 is 2.24 bits per heavy atom. The van der Waals surface area contributed by atoms with Crippen molar-refractivity contribution in [2.75, 3.05) is 31.1 Å². The van der Waals surface area contributed by atoms with Crippen LogP contribution in [0.1, 0.15) is 24.1 Å². The first-order chi connectivity index (χ1) is 12.4. The van der Waals surface area contributed by atoms with E-state index in [1.54, 1.807) is 0 Å². The van der Waals surface area contributed by atoms with Gasteiger partial charge in [0.15, 0.2) is 0 Å². The molecule has 4 nitrogen and oxygen atoms in total. The largest absolute Gasteiger partial charge is 0.372 e. The van der Waals surface area contributed by atoms with E-state index in [1.807, 2.05) is 0 Å². The summed E-state index contributed by atoms with van der Waals surface area (Å²) in [5.41, 5.74) is 6.53. The maximum atomic E-state index is 4.88. The van der Waals surface area contributed by atoms with Gasteiger partial charge < -0.3 is 9.80 Å². The molecule has 128 valence electrons. The highest BCUT2D eigenvalue weighted by Gasteiger charge is 2.19. The van der Waals surface area contributed by atoms with Gasteiger partial charge in [0.05, 0.1) is 11.4 Å². The van der Waals surface area contributed by atoms with E-state index >= 15 is 0 Å². The molecule has 1 aromatic heterocycles. The first kappa shape index (κ1) is 14.8. The third-order valence-corrected chi connectivity index (χ3v) is 5.63. The number of fused-ring (bicyclic) bond motifs is 1. The fraction of sp³-hybridized carbons (Fsp3) is 0.381. The minimum absolute atomic E-state index is 1.03. The van der Waals surface area contributed by atoms with Gasteiger partial charge in [-0.3, -0.25) is 0 Å². The van der Waals surface area contributed by atoms with Gasteiger partial charge in [0.25, 0.3) is 0 Å². The van der Waals surface area contributed by atoms with Crippen LogP contribution in [0.25, 0.3) is 5.69 Å². The summed E-state index contributed by atoms with van der Waals surface area (Å²) in [4.78, 5) is 4.94. The van der Waals surface area contributed by atoms with Crippen LogP contribution in [0.2, 0.25) is 0 Å². The van der Waals surface area contributed by atoms with Gasteiger partial charge in [-0.2, -0.15) is 5.10 Å². The van der Waals surface area contributed by atoms with Gasteiger partial charge in [-0.1, -0.05) is 6.08 Å². The van der Waals surface area contributed by atoms with Crippen molar-refractivity contribution in [3.05, 3.63) is 65.6 Å². The third kappa shape index (κ3) is 2.76. The summed E-state index contributed by atoms with van der Waals surface area (Å²) >= 11 is 0. The number of nitrogens with zero attached hydrogens (tertiary/aromatic N) is 4. The highest BCUT2D eigenvalue weighted by atomic mass is 15.3. The molecule has 0 bridgehead atoms. The zero-order valence-electron chi connectivity index (χ0n) is 14.6. The Balaban J connectivity index is 1.33. The molecule has 1 saturated heterocycles. The van der Waals surface area contributed by atoms with Crippen LogP contribution in [-0.2, 0) is 12.8 Å². The van der Waals surface area contributed by atoms with Crippen LogP contribution >= 0.6 is 0 Å². The molecule has 0 unspecified atom stereocenters. The second-order valence-corrected chi connectivity index (χ2v) is 7.19. The van der Waals surface area contributed by atoms with Crippen molar-refractivity contribution >= 4 is 5.69 Å². The summed E-state index contributed by atoms with van der Waals surface area (Å²) in [5, 5.41) is 4.88. The Labute approximate surface area is 149 Å². The summed E-state index contributed by atoms with van der Waals surface area (Å²) in [6.07, 6.45) is 13.5. The van der Waals surface area contributed by atoms with E-state index < -0.39 is 0 Å². The molecule has 0 saturated carbocycles. The van der Waals surface area contributed by atoms with Crippen LogP contribution in [-0.4, -0.2) is 40.9 Å². The molecule has 1 fully saturated rings. The van der Waals surface area contributed by atoms with Gasteiger partial charge in [0.1, 0.15) is 0 Å². The van der Waals surface area contributed by atoms with Crippen molar-refractivity contribution in [2.24, 2.45) is 0 Å². The topological polar surface area (TPSA) is 24.3 Å². The van der Waals surface area contributed by atoms with Crippen molar-refractivity contribution in [3.8, 4) is 5.69 Å². The van der Waals surface area contributed by atoms with E-state index in [4.69, 9.17) is 5.10 Å². The van der Waals surface area contributed by atoms with Crippen molar-refractivity contribution in [2.45, 2.75) is 25.7 Å². The predicted molar refractivity (Wildman–Crippen MR) is 101 cm³/mol. The first-order valence-corrected chi connectivity index (χ1v) is 9.43. The van der Waals surface area contributed by atoms with Gasteiger partial charge in [-0.15, -0.1) is 0 Å². The molecule has 3 aliphatic rings. The SMILES string of the molecule is C1=CC(N2CCc3cn(-c4ccc(N5CCCC5)cc4)nc3CC2)=C1. The lowest BCUT2D eigenvalue weighted by atomic mass is 10.1. The number of hydrogen-bond donors (Lipinski definition) is 0. The molecular weight excluding hydrogens is 308 g/mol. The second-order valence-electron chi connectivity index (χ2n) is 7.19. The number of hydrogen-bond acceptors (Lipinski definition) is 3. The Bertz CT molecular complexity index is 797. The van der Waals surface area contributed by atoms with Gasteiger partial charge in [0, 0.05) is 50.2 Å². The van der Waals surface area contributed by atoms with Crippen LogP contribution in [0.5, 0.6) is 0 Å². The minimum atomic E-state index is 1.03. The van der Waals surface area contributed by atoms with Gasteiger partial charge >= 0.3 is 0 Å². The van der Waals surface area contributed by atoms with Crippen molar-refractivity contribution < 1.29 is 0 Å². The van der Waals surface area contributed by atoms with Crippen molar-refractivity contribution in [1.29, 1.82) is 0 Å². The minimum Gasteiger partial charge on any atom is -0.372 e. The maximum absolute atomic E-state index is 4.88. The average Bonchev–Trinajstić information content (AvgIpc) is 3.23. The zero-order valence-corrected chi connectivity index (χ0v) is 14.6.